The Morgan fingerprint density at radius 2 is 2.06 bits per heavy atom. The SMILES string of the molecule is Br.Clc1ccc(C2=Nn3cnnc3SC2)cc1Cl. The van der Waals surface area contributed by atoms with Gasteiger partial charge in [-0.3, -0.25) is 0 Å². The van der Waals surface area contributed by atoms with Crippen molar-refractivity contribution in [1.29, 1.82) is 0 Å². The summed E-state index contributed by atoms with van der Waals surface area (Å²) in [5, 5.41) is 14.1. The highest BCUT2D eigenvalue weighted by Gasteiger charge is 2.16. The average molecular weight is 366 g/mol. The predicted molar refractivity (Wildman–Crippen MR) is 79.5 cm³/mol. The first-order valence-corrected chi connectivity index (χ1v) is 6.54. The first kappa shape index (κ1) is 13.9. The van der Waals surface area contributed by atoms with Gasteiger partial charge in [0.25, 0.3) is 0 Å². The molecule has 0 unspecified atom stereocenters. The Hall–Kier alpha value is -0.560. The number of benzene rings is 1. The first-order valence-electron chi connectivity index (χ1n) is 4.80. The highest BCUT2D eigenvalue weighted by molar-refractivity contribution is 8.93. The van der Waals surface area contributed by atoms with E-state index in [0.717, 1.165) is 22.2 Å². The number of hydrogen-bond donors (Lipinski definition) is 0. The van der Waals surface area contributed by atoms with Gasteiger partial charge in [0.15, 0.2) is 0 Å². The van der Waals surface area contributed by atoms with Crippen LogP contribution in [0.3, 0.4) is 0 Å². The Morgan fingerprint density at radius 3 is 2.83 bits per heavy atom. The number of nitrogens with zero attached hydrogens (tertiary/aromatic N) is 4. The van der Waals surface area contributed by atoms with Crippen LogP contribution in [0.5, 0.6) is 0 Å². The minimum atomic E-state index is 0. The predicted octanol–water partition coefficient (Wildman–Crippen LogP) is 3.52. The maximum atomic E-state index is 5.99. The van der Waals surface area contributed by atoms with Crippen molar-refractivity contribution in [2.45, 2.75) is 5.16 Å². The van der Waals surface area contributed by atoms with E-state index in [-0.39, 0.29) is 17.0 Å². The molecule has 0 spiro atoms. The quantitative estimate of drug-likeness (QED) is 0.776. The summed E-state index contributed by atoms with van der Waals surface area (Å²) in [6, 6.07) is 5.50. The molecule has 0 aliphatic carbocycles. The Labute approximate surface area is 128 Å². The van der Waals surface area contributed by atoms with E-state index in [4.69, 9.17) is 23.2 Å². The fourth-order valence-corrected chi connectivity index (χ4v) is 2.60. The lowest BCUT2D eigenvalue weighted by atomic mass is 10.1. The molecule has 4 nitrogen and oxygen atoms in total. The molecule has 1 aromatic carbocycles. The number of rotatable bonds is 1. The normalized spacial score (nSPS) is 13.6. The Kier molecular flexibility index (Phi) is 4.32. The minimum absolute atomic E-state index is 0. The van der Waals surface area contributed by atoms with Crippen LogP contribution in [0.1, 0.15) is 5.56 Å². The van der Waals surface area contributed by atoms with Crippen LogP contribution >= 0.6 is 51.9 Å². The van der Waals surface area contributed by atoms with Gasteiger partial charge in [-0.2, -0.15) is 9.78 Å². The molecule has 0 saturated carbocycles. The molecule has 0 amide bonds. The second-order valence-electron chi connectivity index (χ2n) is 3.42. The smallest absolute Gasteiger partial charge is 0.194 e. The molecule has 94 valence electrons. The summed E-state index contributed by atoms with van der Waals surface area (Å²) in [6.45, 7) is 0. The Balaban J connectivity index is 0.00000120. The van der Waals surface area contributed by atoms with Gasteiger partial charge in [0.1, 0.15) is 6.33 Å². The molecule has 0 fully saturated rings. The molecule has 1 aliphatic rings. The third kappa shape index (κ3) is 2.56. The van der Waals surface area contributed by atoms with E-state index in [9.17, 15) is 0 Å². The fourth-order valence-electron chi connectivity index (χ4n) is 1.49. The van der Waals surface area contributed by atoms with Crippen molar-refractivity contribution < 1.29 is 0 Å². The third-order valence-corrected chi connectivity index (χ3v) is 4.00. The molecule has 0 N–H and O–H groups in total. The summed E-state index contributed by atoms with van der Waals surface area (Å²) in [5.74, 6) is 0.747. The molecular weight excluding hydrogens is 359 g/mol. The Bertz CT molecular complexity index is 614. The van der Waals surface area contributed by atoms with Gasteiger partial charge in [-0.05, 0) is 12.1 Å². The van der Waals surface area contributed by atoms with Crippen LogP contribution in [0.4, 0.5) is 0 Å². The van der Waals surface area contributed by atoms with E-state index in [1.807, 2.05) is 12.1 Å². The average Bonchev–Trinajstić information content (AvgIpc) is 2.79. The fraction of sp³-hybridized carbons (Fsp3) is 0.100. The van der Waals surface area contributed by atoms with Crippen molar-refractivity contribution in [3.05, 3.63) is 40.1 Å². The van der Waals surface area contributed by atoms with Crippen molar-refractivity contribution >= 4 is 57.7 Å². The van der Waals surface area contributed by atoms with Gasteiger partial charge >= 0.3 is 0 Å². The topological polar surface area (TPSA) is 43.1 Å². The lowest BCUT2D eigenvalue weighted by Crippen LogP contribution is -2.12. The van der Waals surface area contributed by atoms with E-state index >= 15 is 0 Å². The second-order valence-corrected chi connectivity index (χ2v) is 5.18. The number of aromatic nitrogens is 3. The molecule has 18 heavy (non-hydrogen) atoms. The van der Waals surface area contributed by atoms with Crippen LogP contribution in [0.25, 0.3) is 0 Å². The number of halogens is 3. The van der Waals surface area contributed by atoms with Gasteiger partial charge in [0.2, 0.25) is 5.16 Å². The molecule has 0 radical (unpaired) electrons. The summed E-state index contributed by atoms with van der Waals surface area (Å²) >= 11 is 13.5. The third-order valence-electron chi connectivity index (χ3n) is 2.32. The summed E-state index contributed by atoms with van der Waals surface area (Å²) in [6.07, 6.45) is 1.58. The van der Waals surface area contributed by atoms with Gasteiger partial charge in [0.05, 0.1) is 15.8 Å². The Morgan fingerprint density at radius 1 is 1.22 bits per heavy atom. The van der Waals surface area contributed by atoms with Crippen LogP contribution in [0, 0.1) is 0 Å². The summed E-state index contributed by atoms with van der Waals surface area (Å²) in [5.41, 5.74) is 1.90. The summed E-state index contributed by atoms with van der Waals surface area (Å²) in [4.78, 5) is 0. The molecule has 0 bridgehead atoms. The molecule has 8 heteroatoms. The van der Waals surface area contributed by atoms with Crippen molar-refractivity contribution in [3.8, 4) is 0 Å². The number of hydrogen-bond acceptors (Lipinski definition) is 4. The zero-order valence-electron chi connectivity index (χ0n) is 8.88. The van der Waals surface area contributed by atoms with Crippen molar-refractivity contribution in [2.24, 2.45) is 5.10 Å². The monoisotopic (exact) mass is 364 g/mol. The molecule has 0 atom stereocenters. The summed E-state index contributed by atoms with van der Waals surface area (Å²) < 4.78 is 1.66. The highest BCUT2D eigenvalue weighted by Crippen LogP contribution is 2.26. The molecule has 2 heterocycles. The van der Waals surface area contributed by atoms with E-state index in [0.29, 0.717) is 10.0 Å². The second kappa shape index (κ2) is 5.61. The molecule has 1 aromatic heterocycles. The highest BCUT2D eigenvalue weighted by atomic mass is 79.9. The molecular formula is C10H7BrCl2N4S. The molecule has 3 rings (SSSR count). The maximum absolute atomic E-state index is 5.99. The lowest BCUT2D eigenvalue weighted by Gasteiger charge is -2.12. The number of thioether (sulfide) groups is 1. The van der Waals surface area contributed by atoms with Crippen LogP contribution in [-0.2, 0) is 0 Å². The molecule has 0 saturated heterocycles. The maximum Gasteiger partial charge on any atom is 0.212 e. The first-order chi connectivity index (χ1) is 8.24. The van der Waals surface area contributed by atoms with Crippen molar-refractivity contribution in [2.75, 3.05) is 5.75 Å². The van der Waals surface area contributed by atoms with Gasteiger partial charge in [-0.15, -0.1) is 27.2 Å². The van der Waals surface area contributed by atoms with E-state index in [1.165, 1.54) is 0 Å². The van der Waals surface area contributed by atoms with Gasteiger partial charge in [-0.1, -0.05) is 41.0 Å². The number of fused-ring (bicyclic) bond motifs is 1. The minimum Gasteiger partial charge on any atom is -0.194 e. The molecule has 2 aromatic rings. The van der Waals surface area contributed by atoms with Crippen LogP contribution in [0.2, 0.25) is 10.0 Å². The van der Waals surface area contributed by atoms with Gasteiger partial charge < -0.3 is 0 Å². The van der Waals surface area contributed by atoms with Crippen LogP contribution in [0.15, 0.2) is 34.8 Å². The van der Waals surface area contributed by atoms with Gasteiger partial charge in [-0.25, -0.2) is 0 Å². The van der Waals surface area contributed by atoms with E-state index < -0.39 is 0 Å². The van der Waals surface area contributed by atoms with Crippen molar-refractivity contribution in [1.82, 2.24) is 14.9 Å². The zero-order chi connectivity index (χ0) is 11.8. The van der Waals surface area contributed by atoms with E-state index in [1.54, 1.807) is 28.8 Å². The van der Waals surface area contributed by atoms with Gasteiger partial charge in [0, 0.05) is 11.3 Å². The van der Waals surface area contributed by atoms with Crippen LogP contribution < -0.4 is 0 Å². The molecule has 1 aliphatic heterocycles. The lowest BCUT2D eigenvalue weighted by molar-refractivity contribution is 0.756. The van der Waals surface area contributed by atoms with Crippen molar-refractivity contribution in [3.63, 3.8) is 0 Å². The zero-order valence-corrected chi connectivity index (χ0v) is 12.9. The largest absolute Gasteiger partial charge is 0.212 e. The van der Waals surface area contributed by atoms with E-state index in [2.05, 4.69) is 15.3 Å². The standard InChI is InChI=1S/C10H6Cl2N4S.BrH/c11-7-2-1-6(3-8(7)12)9-4-17-10-14-13-5-16(10)15-9;/h1-3,5H,4H2;1H. The summed E-state index contributed by atoms with van der Waals surface area (Å²) in [7, 11) is 0. The van der Waals surface area contributed by atoms with Crippen LogP contribution in [-0.4, -0.2) is 26.3 Å².